The standard InChI is InChI=1S/C53H77N3O8S/c1-12-35(6)50(55(9)53(62)42(34(4)5)30-47(60)36(7)33(2)3)48(63-10)31-49(61)56-27-17-21-44(56)51(64-11)37(8)46(59)29-40(28-39-18-14-13-15-19-39)52-54-43(32-65-52)45(58)22-16-20-38-23-25-41(57)26-24-38/h13-15,18-19,23-26,32-37,40,42,44,48,50-51,57H,12,16-17,20-22,27-31H2,1-11H3/t35-,36-,37-,40+,42-,44-,48+,50-,51+/m0/s1. The Balaban J connectivity index is 1.48. The van der Waals surface area contributed by atoms with Crippen LogP contribution in [0.1, 0.15) is 139 Å². The molecule has 358 valence electrons. The summed E-state index contributed by atoms with van der Waals surface area (Å²) in [6, 6.07) is 16.3. The minimum atomic E-state index is -0.598. The van der Waals surface area contributed by atoms with Crippen LogP contribution < -0.4 is 0 Å². The van der Waals surface area contributed by atoms with Crippen molar-refractivity contribution in [1.82, 2.24) is 14.8 Å². The zero-order valence-electron chi connectivity index (χ0n) is 41.0. The van der Waals surface area contributed by atoms with Gasteiger partial charge in [-0.15, -0.1) is 11.3 Å². The molecule has 2 heterocycles. The van der Waals surface area contributed by atoms with Crippen LogP contribution in [0.2, 0.25) is 0 Å². The summed E-state index contributed by atoms with van der Waals surface area (Å²) in [4.78, 5) is 78.1. The van der Waals surface area contributed by atoms with E-state index in [4.69, 9.17) is 14.5 Å². The van der Waals surface area contributed by atoms with Crippen molar-refractivity contribution in [2.75, 3.05) is 27.8 Å². The van der Waals surface area contributed by atoms with Crippen LogP contribution in [0, 0.1) is 35.5 Å². The van der Waals surface area contributed by atoms with E-state index in [0.717, 1.165) is 29.0 Å². The number of phenols is 1. The van der Waals surface area contributed by atoms with Gasteiger partial charge in [-0.05, 0) is 73.1 Å². The highest BCUT2D eigenvalue weighted by atomic mass is 32.1. The number of benzene rings is 2. The van der Waals surface area contributed by atoms with Gasteiger partial charge in [0.25, 0.3) is 0 Å². The largest absolute Gasteiger partial charge is 0.508 e. The van der Waals surface area contributed by atoms with E-state index >= 15 is 0 Å². The lowest BCUT2D eigenvalue weighted by Gasteiger charge is -2.41. The molecule has 1 aliphatic rings. The van der Waals surface area contributed by atoms with Gasteiger partial charge in [0.15, 0.2) is 5.78 Å². The summed E-state index contributed by atoms with van der Waals surface area (Å²) < 4.78 is 12.2. The number of ketones is 3. The number of thiazole rings is 1. The van der Waals surface area contributed by atoms with Crippen molar-refractivity contribution >= 4 is 40.5 Å². The van der Waals surface area contributed by atoms with Gasteiger partial charge in [-0.25, -0.2) is 4.98 Å². The number of amides is 2. The minimum Gasteiger partial charge on any atom is -0.508 e. The average Bonchev–Trinajstić information content (AvgIpc) is 3.99. The molecule has 0 bridgehead atoms. The van der Waals surface area contributed by atoms with Gasteiger partial charge >= 0.3 is 0 Å². The number of methoxy groups -OCH3 is 2. The van der Waals surface area contributed by atoms with Crippen molar-refractivity contribution in [3.63, 3.8) is 0 Å². The van der Waals surface area contributed by atoms with Gasteiger partial charge in [0.05, 0.1) is 35.7 Å². The van der Waals surface area contributed by atoms with Crippen LogP contribution >= 0.6 is 11.3 Å². The van der Waals surface area contributed by atoms with Crippen molar-refractivity contribution in [2.24, 2.45) is 35.5 Å². The van der Waals surface area contributed by atoms with Gasteiger partial charge in [-0.2, -0.15) is 0 Å². The fraction of sp³-hybridized carbons (Fsp3) is 0.623. The van der Waals surface area contributed by atoms with E-state index in [1.165, 1.54) is 11.3 Å². The van der Waals surface area contributed by atoms with Gasteiger partial charge in [0, 0.05) is 76.1 Å². The maximum Gasteiger partial charge on any atom is 0.226 e. The Labute approximate surface area is 393 Å². The topological polar surface area (TPSA) is 143 Å². The van der Waals surface area contributed by atoms with E-state index < -0.39 is 30.1 Å². The Morgan fingerprint density at radius 2 is 1.51 bits per heavy atom. The summed E-state index contributed by atoms with van der Waals surface area (Å²) in [5.41, 5.74) is 2.53. The molecule has 2 amide bonds. The van der Waals surface area contributed by atoms with E-state index in [9.17, 15) is 29.1 Å². The van der Waals surface area contributed by atoms with E-state index in [1.54, 1.807) is 43.7 Å². The molecule has 0 spiro atoms. The molecule has 0 radical (unpaired) electrons. The fourth-order valence-corrected chi connectivity index (χ4v) is 10.3. The maximum absolute atomic E-state index is 14.5. The highest BCUT2D eigenvalue weighted by Crippen LogP contribution is 2.34. The number of nitrogens with zero attached hydrogens (tertiary/aromatic N) is 3. The Bertz CT molecular complexity index is 1980. The molecule has 1 N–H and O–H groups in total. The van der Waals surface area contributed by atoms with Gasteiger partial charge < -0.3 is 24.4 Å². The molecule has 4 rings (SSSR count). The smallest absolute Gasteiger partial charge is 0.226 e. The molecule has 1 aliphatic heterocycles. The second-order valence-electron chi connectivity index (χ2n) is 19.2. The lowest BCUT2D eigenvalue weighted by atomic mass is 9.82. The highest BCUT2D eigenvalue weighted by Gasteiger charge is 2.43. The predicted octanol–water partition coefficient (Wildman–Crippen LogP) is 9.78. The molecule has 3 aromatic rings. The van der Waals surface area contributed by atoms with Crippen LogP contribution in [0.4, 0.5) is 0 Å². The molecule has 0 unspecified atom stereocenters. The Hall–Kier alpha value is -4.26. The lowest BCUT2D eigenvalue weighted by molar-refractivity contribution is -0.149. The monoisotopic (exact) mass is 916 g/mol. The summed E-state index contributed by atoms with van der Waals surface area (Å²) in [7, 11) is 4.98. The number of aryl methyl sites for hydroxylation is 1. The number of hydrogen-bond donors (Lipinski definition) is 1. The maximum atomic E-state index is 14.5. The molecule has 65 heavy (non-hydrogen) atoms. The molecule has 0 saturated carbocycles. The number of likely N-dealkylation sites (N-methyl/N-ethyl adjacent to an activating group) is 1. The van der Waals surface area contributed by atoms with Gasteiger partial charge in [0.1, 0.15) is 23.0 Å². The number of phenolic OH excluding ortho intramolecular Hbond substituents is 1. The third-order valence-electron chi connectivity index (χ3n) is 14.1. The first-order chi connectivity index (χ1) is 30.9. The molecular weight excluding hydrogens is 839 g/mol. The summed E-state index contributed by atoms with van der Waals surface area (Å²) in [5.74, 6) is -1.26. The van der Waals surface area contributed by atoms with Crippen LogP contribution in [0.5, 0.6) is 5.75 Å². The van der Waals surface area contributed by atoms with Crippen LogP contribution in [0.15, 0.2) is 60.0 Å². The summed E-state index contributed by atoms with van der Waals surface area (Å²) in [5, 5.41) is 12.1. The second kappa shape index (κ2) is 25.6. The number of hydrogen-bond acceptors (Lipinski definition) is 10. The number of aromatic hydroxyl groups is 1. The summed E-state index contributed by atoms with van der Waals surface area (Å²) >= 11 is 1.41. The molecular formula is C53H77N3O8S. The zero-order chi connectivity index (χ0) is 48.0. The number of rotatable bonds is 27. The summed E-state index contributed by atoms with van der Waals surface area (Å²) in [6.07, 6.45) is 3.76. The molecule has 1 aromatic heterocycles. The fourth-order valence-electron chi connectivity index (χ4n) is 9.41. The quantitative estimate of drug-likeness (QED) is 0.0740. The van der Waals surface area contributed by atoms with E-state index in [1.807, 2.05) is 88.9 Å². The zero-order valence-corrected chi connectivity index (χ0v) is 41.8. The van der Waals surface area contributed by atoms with Crippen LogP contribution in [-0.4, -0.2) is 101 Å². The number of Topliss-reactive ketones (excluding diaryl/α,β-unsaturated/α-hetero) is 3. The Morgan fingerprint density at radius 1 is 0.846 bits per heavy atom. The molecule has 1 fully saturated rings. The average molecular weight is 916 g/mol. The van der Waals surface area contributed by atoms with E-state index in [0.29, 0.717) is 44.3 Å². The molecule has 9 atom stereocenters. The normalized spacial score (nSPS) is 17.9. The van der Waals surface area contributed by atoms with E-state index in [2.05, 4.69) is 13.8 Å². The Morgan fingerprint density at radius 3 is 2.11 bits per heavy atom. The molecule has 0 aliphatic carbocycles. The van der Waals surface area contributed by atoms with Crippen molar-refractivity contribution in [2.45, 2.75) is 150 Å². The number of carbonyl (C=O) groups excluding carboxylic acids is 5. The number of ether oxygens (including phenoxy) is 2. The summed E-state index contributed by atoms with van der Waals surface area (Å²) in [6.45, 7) is 16.5. The Kier molecular flexibility index (Phi) is 21.0. The highest BCUT2D eigenvalue weighted by molar-refractivity contribution is 7.10. The molecule has 1 saturated heterocycles. The SMILES string of the molecule is CC[C@H](C)[C@@H]([C@@H](CC(=O)N1CCC[C@H]1[C@H](OC)[C@@H](C)C(=O)C[C@@H](Cc1ccccc1)c1nc(C(=O)CCCc2ccc(O)cc2)cs1)OC)N(C)C(=O)[C@@H](CC(=O)[C@@H](C)C(C)C)C(C)C. The lowest BCUT2D eigenvalue weighted by Crippen LogP contribution is -2.54. The van der Waals surface area contributed by atoms with E-state index in [-0.39, 0.29) is 89.8 Å². The van der Waals surface area contributed by atoms with Gasteiger partial charge in [0.2, 0.25) is 11.8 Å². The number of likely N-dealkylation sites (tertiary alicyclic amines) is 1. The molecule has 2 aromatic carbocycles. The van der Waals surface area contributed by atoms with Crippen molar-refractivity contribution in [3.05, 3.63) is 81.8 Å². The first-order valence-electron chi connectivity index (χ1n) is 23.9. The van der Waals surface area contributed by atoms with Crippen molar-refractivity contribution in [1.29, 1.82) is 0 Å². The molecule has 11 nitrogen and oxygen atoms in total. The predicted molar refractivity (Wildman–Crippen MR) is 258 cm³/mol. The van der Waals surface area contributed by atoms with Crippen LogP contribution in [-0.2, 0) is 41.5 Å². The number of aromatic nitrogens is 1. The number of carbonyl (C=O) groups is 5. The van der Waals surface area contributed by atoms with Gasteiger partial charge in [-0.1, -0.05) is 104 Å². The van der Waals surface area contributed by atoms with Crippen LogP contribution in [0.25, 0.3) is 0 Å². The van der Waals surface area contributed by atoms with Gasteiger partial charge in [-0.3, -0.25) is 24.0 Å². The van der Waals surface area contributed by atoms with Crippen LogP contribution in [0.3, 0.4) is 0 Å². The third kappa shape index (κ3) is 14.6. The molecule has 12 heteroatoms. The first kappa shape index (κ1) is 53.4. The first-order valence-corrected chi connectivity index (χ1v) is 24.8. The second-order valence-corrected chi connectivity index (χ2v) is 20.1. The van der Waals surface area contributed by atoms with Crippen molar-refractivity contribution in [3.8, 4) is 5.75 Å². The van der Waals surface area contributed by atoms with Crippen molar-refractivity contribution < 1.29 is 38.6 Å². The minimum absolute atomic E-state index is 0.00164. The third-order valence-corrected chi connectivity index (χ3v) is 15.1.